The highest BCUT2D eigenvalue weighted by Crippen LogP contribution is 2.40. The number of nitrogen functional groups attached to an aromatic ring is 1. The molecule has 0 amide bonds. The molecule has 0 aliphatic heterocycles. The Labute approximate surface area is 118 Å². The molecule has 2 heterocycles. The van der Waals surface area contributed by atoms with Gasteiger partial charge in [-0.15, -0.1) is 0 Å². The highest BCUT2D eigenvalue weighted by Gasteiger charge is 2.31. The molecular weight excluding hydrogens is 254 g/mol. The van der Waals surface area contributed by atoms with Crippen LogP contribution < -0.4 is 5.73 Å². The second-order valence-corrected chi connectivity index (χ2v) is 5.97. The molecule has 2 aromatic rings. The molecule has 108 valence electrons. The summed E-state index contributed by atoms with van der Waals surface area (Å²) in [5.74, 6) is 1.83. The molecule has 2 N–H and O–H groups in total. The molecular formula is C14H21N5O. The van der Waals surface area contributed by atoms with Crippen LogP contribution in [-0.4, -0.2) is 19.9 Å². The third-order valence-corrected chi connectivity index (χ3v) is 4.28. The Morgan fingerprint density at radius 1 is 1.40 bits per heavy atom. The van der Waals surface area contributed by atoms with Crippen LogP contribution in [0.4, 0.5) is 5.82 Å². The number of hydrogen-bond acceptors (Lipinski definition) is 5. The first-order valence-corrected chi connectivity index (χ1v) is 7.25. The third-order valence-electron chi connectivity index (χ3n) is 4.28. The molecule has 0 bridgehead atoms. The zero-order chi connectivity index (χ0) is 14.2. The lowest BCUT2D eigenvalue weighted by Crippen LogP contribution is -2.14. The van der Waals surface area contributed by atoms with Crippen molar-refractivity contribution >= 4 is 5.82 Å². The van der Waals surface area contributed by atoms with E-state index >= 15 is 0 Å². The van der Waals surface area contributed by atoms with Gasteiger partial charge in [0.2, 0.25) is 11.7 Å². The molecule has 1 aliphatic rings. The number of rotatable bonds is 4. The summed E-state index contributed by atoms with van der Waals surface area (Å²) in [6.07, 6.45) is 7.62. The van der Waals surface area contributed by atoms with Gasteiger partial charge in [0.15, 0.2) is 0 Å². The Hall–Kier alpha value is -1.85. The number of anilines is 1. The molecule has 1 saturated carbocycles. The van der Waals surface area contributed by atoms with E-state index in [1.807, 2.05) is 6.92 Å². The third kappa shape index (κ3) is 2.30. The average Bonchev–Trinajstić information content (AvgIpc) is 3.11. The van der Waals surface area contributed by atoms with E-state index in [4.69, 9.17) is 10.3 Å². The van der Waals surface area contributed by atoms with Gasteiger partial charge in [-0.2, -0.15) is 10.1 Å². The summed E-state index contributed by atoms with van der Waals surface area (Å²) in [5.41, 5.74) is 7.08. The Kier molecular flexibility index (Phi) is 3.23. The van der Waals surface area contributed by atoms with Crippen LogP contribution in [0, 0.1) is 5.41 Å². The fourth-order valence-electron chi connectivity index (χ4n) is 3.03. The Morgan fingerprint density at radius 3 is 2.80 bits per heavy atom. The van der Waals surface area contributed by atoms with Gasteiger partial charge in [0, 0.05) is 13.0 Å². The minimum Gasteiger partial charge on any atom is -0.383 e. The predicted molar refractivity (Wildman–Crippen MR) is 75.9 cm³/mol. The van der Waals surface area contributed by atoms with Crippen LogP contribution in [0.5, 0.6) is 0 Å². The molecule has 1 aliphatic carbocycles. The van der Waals surface area contributed by atoms with Crippen molar-refractivity contribution in [1.82, 2.24) is 19.9 Å². The molecule has 6 heteroatoms. The zero-order valence-electron chi connectivity index (χ0n) is 12.1. The zero-order valence-corrected chi connectivity index (χ0v) is 12.1. The normalized spacial score (nSPS) is 17.7. The molecule has 0 spiro atoms. The van der Waals surface area contributed by atoms with Crippen LogP contribution in [0.15, 0.2) is 10.7 Å². The quantitative estimate of drug-likeness (QED) is 0.927. The van der Waals surface area contributed by atoms with Gasteiger partial charge in [0.25, 0.3) is 0 Å². The molecule has 0 atom stereocenters. The first-order chi connectivity index (χ1) is 9.61. The first-order valence-electron chi connectivity index (χ1n) is 7.25. The fourth-order valence-corrected chi connectivity index (χ4v) is 3.03. The highest BCUT2D eigenvalue weighted by atomic mass is 16.5. The van der Waals surface area contributed by atoms with E-state index in [1.165, 1.54) is 25.7 Å². The van der Waals surface area contributed by atoms with Crippen molar-refractivity contribution in [3.63, 3.8) is 0 Å². The molecule has 20 heavy (non-hydrogen) atoms. The molecule has 0 unspecified atom stereocenters. The lowest BCUT2D eigenvalue weighted by molar-refractivity contribution is 0.276. The van der Waals surface area contributed by atoms with Crippen LogP contribution in [0.2, 0.25) is 0 Å². The highest BCUT2D eigenvalue weighted by molar-refractivity contribution is 5.67. The monoisotopic (exact) mass is 275 g/mol. The second-order valence-electron chi connectivity index (χ2n) is 5.97. The maximum absolute atomic E-state index is 6.02. The van der Waals surface area contributed by atoms with Crippen LogP contribution in [0.3, 0.4) is 0 Å². The molecule has 2 aromatic heterocycles. The van der Waals surface area contributed by atoms with E-state index in [1.54, 1.807) is 10.9 Å². The van der Waals surface area contributed by atoms with E-state index in [-0.39, 0.29) is 0 Å². The molecule has 6 nitrogen and oxygen atoms in total. The van der Waals surface area contributed by atoms with Gasteiger partial charge in [-0.05, 0) is 25.2 Å². The predicted octanol–water partition coefficient (Wildman–Crippen LogP) is 2.66. The lowest BCUT2D eigenvalue weighted by atomic mass is 9.85. The van der Waals surface area contributed by atoms with Crippen molar-refractivity contribution < 1.29 is 4.52 Å². The minimum atomic E-state index is 0.308. The van der Waals surface area contributed by atoms with Gasteiger partial charge in [-0.1, -0.05) is 24.9 Å². The fraction of sp³-hybridized carbons (Fsp3) is 0.643. The van der Waals surface area contributed by atoms with Crippen molar-refractivity contribution in [3.8, 4) is 11.4 Å². The van der Waals surface area contributed by atoms with Gasteiger partial charge in [-0.3, -0.25) is 0 Å². The van der Waals surface area contributed by atoms with Crippen LogP contribution in [0.1, 0.15) is 45.4 Å². The summed E-state index contributed by atoms with van der Waals surface area (Å²) < 4.78 is 7.12. The summed E-state index contributed by atoms with van der Waals surface area (Å²) in [6.45, 7) is 5.03. The van der Waals surface area contributed by atoms with E-state index in [0.717, 1.165) is 18.5 Å². The lowest BCUT2D eigenvalue weighted by Gasteiger charge is -2.20. The van der Waals surface area contributed by atoms with Gasteiger partial charge in [-0.25, -0.2) is 4.68 Å². The molecule has 0 saturated heterocycles. The van der Waals surface area contributed by atoms with E-state index in [2.05, 4.69) is 22.2 Å². The van der Waals surface area contributed by atoms with Crippen LogP contribution in [-0.2, 0) is 13.0 Å². The SMILES string of the molecule is CCn1ncc(-c2noc(CC3(C)CCCC3)n2)c1N. The molecule has 1 fully saturated rings. The summed E-state index contributed by atoms with van der Waals surface area (Å²) in [4.78, 5) is 4.49. The first kappa shape index (κ1) is 13.1. The van der Waals surface area contributed by atoms with Crippen molar-refractivity contribution in [2.24, 2.45) is 5.41 Å². The van der Waals surface area contributed by atoms with E-state index in [9.17, 15) is 0 Å². The average molecular weight is 275 g/mol. The molecule has 3 rings (SSSR count). The standard InChI is InChI=1S/C14H21N5O/c1-3-19-12(15)10(9-16-19)13-17-11(20-18-13)8-14(2)6-4-5-7-14/h9H,3-8,15H2,1-2H3. The Bertz CT molecular complexity index is 594. The number of aryl methyl sites for hydroxylation is 1. The van der Waals surface area contributed by atoms with Gasteiger partial charge < -0.3 is 10.3 Å². The number of aromatic nitrogens is 4. The summed E-state index contributed by atoms with van der Waals surface area (Å²) in [5, 5.41) is 8.26. The maximum Gasteiger partial charge on any atom is 0.227 e. The Morgan fingerprint density at radius 2 is 2.15 bits per heavy atom. The minimum absolute atomic E-state index is 0.308. The summed E-state index contributed by atoms with van der Waals surface area (Å²) in [7, 11) is 0. The van der Waals surface area contributed by atoms with Crippen molar-refractivity contribution in [2.75, 3.05) is 5.73 Å². The van der Waals surface area contributed by atoms with E-state index < -0.39 is 0 Å². The van der Waals surface area contributed by atoms with Crippen molar-refractivity contribution in [2.45, 2.75) is 52.5 Å². The van der Waals surface area contributed by atoms with Crippen molar-refractivity contribution in [3.05, 3.63) is 12.1 Å². The van der Waals surface area contributed by atoms with Crippen molar-refractivity contribution in [1.29, 1.82) is 0 Å². The largest absolute Gasteiger partial charge is 0.383 e. The number of nitrogens with zero attached hydrogens (tertiary/aromatic N) is 4. The number of hydrogen-bond donors (Lipinski definition) is 1. The molecule has 0 radical (unpaired) electrons. The Balaban J connectivity index is 1.81. The van der Waals surface area contributed by atoms with Gasteiger partial charge >= 0.3 is 0 Å². The topological polar surface area (TPSA) is 82.8 Å². The number of nitrogens with two attached hydrogens (primary N) is 1. The van der Waals surface area contributed by atoms with Gasteiger partial charge in [0.05, 0.1) is 11.8 Å². The summed E-state index contributed by atoms with van der Waals surface area (Å²) >= 11 is 0. The maximum atomic E-state index is 6.02. The van der Waals surface area contributed by atoms with Crippen LogP contribution in [0.25, 0.3) is 11.4 Å². The summed E-state index contributed by atoms with van der Waals surface area (Å²) in [6, 6.07) is 0. The molecule has 0 aromatic carbocycles. The van der Waals surface area contributed by atoms with Gasteiger partial charge in [0.1, 0.15) is 5.82 Å². The van der Waals surface area contributed by atoms with Crippen LogP contribution >= 0.6 is 0 Å². The van der Waals surface area contributed by atoms with E-state index in [0.29, 0.717) is 22.9 Å². The smallest absolute Gasteiger partial charge is 0.227 e. The second kappa shape index (κ2) is 4.92.